The molecule has 0 aliphatic rings. The van der Waals surface area contributed by atoms with E-state index in [0.717, 1.165) is 0 Å². The van der Waals surface area contributed by atoms with Crippen molar-refractivity contribution in [2.45, 2.75) is 0 Å². The zero-order chi connectivity index (χ0) is 13.3. The second-order valence-electron chi connectivity index (χ2n) is 3.47. The lowest BCUT2D eigenvalue weighted by Gasteiger charge is -2.11. The van der Waals surface area contributed by atoms with Crippen molar-refractivity contribution in [2.75, 3.05) is 0 Å². The minimum Gasteiger partial charge on any atom is -0.478 e. The van der Waals surface area contributed by atoms with Crippen LogP contribution in [-0.2, 0) is 0 Å². The Morgan fingerprint density at radius 3 is 2.33 bits per heavy atom. The molecule has 1 N–H and O–H groups in total. The van der Waals surface area contributed by atoms with Gasteiger partial charge in [-0.2, -0.15) is 0 Å². The molecule has 0 aliphatic carbocycles. The highest BCUT2D eigenvalue weighted by Gasteiger charge is 2.12. The lowest BCUT2D eigenvalue weighted by molar-refractivity contribution is 0.0695. The third-order valence-corrected chi connectivity index (χ3v) is 3.38. The van der Waals surface area contributed by atoms with E-state index in [1.165, 1.54) is 10.6 Å². The maximum absolute atomic E-state index is 11.0. The normalized spacial score (nSPS) is 10.3. The molecule has 2 aromatic rings. The van der Waals surface area contributed by atoms with Crippen LogP contribution in [0.3, 0.4) is 0 Å². The van der Waals surface area contributed by atoms with Crippen molar-refractivity contribution < 1.29 is 9.90 Å². The first-order valence-corrected chi connectivity index (χ1v) is 6.08. The fraction of sp³-hybridized carbons (Fsp3) is 0. The van der Waals surface area contributed by atoms with E-state index < -0.39 is 5.97 Å². The van der Waals surface area contributed by atoms with Crippen LogP contribution in [0.25, 0.3) is 5.69 Å². The molecule has 18 heavy (non-hydrogen) atoms. The predicted molar refractivity (Wildman–Crippen MR) is 73.6 cm³/mol. The summed E-state index contributed by atoms with van der Waals surface area (Å²) in [6.45, 7) is 0. The van der Waals surface area contributed by atoms with Crippen LogP contribution in [0.2, 0.25) is 10.0 Å². The van der Waals surface area contributed by atoms with Crippen LogP contribution < -0.4 is 0 Å². The smallest absolute Gasteiger partial charge is 0.338 e. The molecule has 0 amide bonds. The van der Waals surface area contributed by atoms with Gasteiger partial charge in [0.1, 0.15) is 4.64 Å². The lowest BCUT2D eigenvalue weighted by Crippen LogP contribution is -2.05. The molecule has 2 rings (SSSR count). The number of pyridine rings is 1. The number of aromatic carboxylic acids is 1. The van der Waals surface area contributed by atoms with Crippen LogP contribution in [0.4, 0.5) is 0 Å². The number of hydrogen-bond acceptors (Lipinski definition) is 2. The maximum atomic E-state index is 11.0. The minimum atomic E-state index is -1.09. The van der Waals surface area contributed by atoms with Gasteiger partial charge in [0.25, 0.3) is 0 Å². The van der Waals surface area contributed by atoms with Gasteiger partial charge < -0.3 is 9.67 Å². The molecule has 1 heterocycles. The molecule has 0 spiro atoms. The standard InChI is InChI=1S/C12H7Cl2NO2S/c13-8-4-1-5-9(14)10(8)15-6-2-3-7(11(15)18)12(16)17/h1-6H,(H,16,17). The van der Waals surface area contributed by atoms with Crippen molar-refractivity contribution in [1.29, 1.82) is 0 Å². The summed E-state index contributed by atoms with van der Waals surface area (Å²) in [6.07, 6.45) is 1.63. The van der Waals surface area contributed by atoms with Crippen molar-refractivity contribution >= 4 is 41.4 Å². The summed E-state index contributed by atoms with van der Waals surface area (Å²) in [5, 5.41) is 9.84. The topological polar surface area (TPSA) is 42.2 Å². The highest BCUT2D eigenvalue weighted by molar-refractivity contribution is 7.71. The van der Waals surface area contributed by atoms with Crippen LogP contribution in [-0.4, -0.2) is 15.6 Å². The molecule has 0 saturated carbocycles. The summed E-state index contributed by atoms with van der Waals surface area (Å²) >= 11 is 17.3. The lowest BCUT2D eigenvalue weighted by atomic mass is 10.2. The first kappa shape index (κ1) is 13.1. The monoisotopic (exact) mass is 299 g/mol. The van der Waals surface area contributed by atoms with Gasteiger partial charge in [0.15, 0.2) is 0 Å². The number of carboxylic acids is 1. The number of para-hydroxylation sites is 1. The predicted octanol–water partition coefficient (Wildman–Crippen LogP) is 4.21. The number of aromatic nitrogens is 1. The van der Waals surface area contributed by atoms with Crippen LogP contribution in [0.1, 0.15) is 10.4 Å². The molecule has 0 atom stereocenters. The summed E-state index contributed by atoms with van der Waals surface area (Å²) in [5.74, 6) is -1.09. The number of rotatable bonds is 2. The van der Waals surface area contributed by atoms with E-state index in [9.17, 15) is 4.79 Å². The van der Waals surface area contributed by atoms with Crippen LogP contribution >= 0.6 is 35.4 Å². The van der Waals surface area contributed by atoms with Crippen LogP contribution in [0.5, 0.6) is 0 Å². The van der Waals surface area contributed by atoms with E-state index in [2.05, 4.69) is 0 Å². The van der Waals surface area contributed by atoms with Gasteiger partial charge in [0.2, 0.25) is 0 Å². The fourth-order valence-corrected chi connectivity index (χ4v) is 2.44. The Bertz CT molecular complexity index is 662. The molecule has 0 fully saturated rings. The summed E-state index contributed by atoms with van der Waals surface area (Å²) < 4.78 is 1.64. The zero-order valence-electron chi connectivity index (χ0n) is 8.93. The highest BCUT2D eigenvalue weighted by Crippen LogP contribution is 2.28. The third-order valence-electron chi connectivity index (χ3n) is 2.36. The second kappa shape index (κ2) is 5.10. The van der Waals surface area contributed by atoms with Gasteiger partial charge in [0.05, 0.1) is 21.3 Å². The van der Waals surface area contributed by atoms with Gasteiger partial charge in [-0.15, -0.1) is 0 Å². The van der Waals surface area contributed by atoms with Gasteiger partial charge in [0, 0.05) is 6.20 Å². The summed E-state index contributed by atoms with van der Waals surface area (Å²) in [4.78, 5) is 11.0. The molecule has 0 saturated heterocycles. The van der Waals surface area contributed by atoms with Crippen LogP contribution in [0.15, 0.2) is 36.5 Å². The Morgan fingerprint density at radius 1 is 1.17 bits per heavy atom. The first-order valence-electron chi connectivity index (χ1n) is 4.91. The van der Waals surface area contributed by atoms with E-state index in [-0.39, 0.29) is 10.2 Å². The Morgan fingerprint density at radius 2 is 1.78 bits per heavy atom. The van der Waals surface area contributed by atoms with E-state index in [1.807, 2.05) is 0 Å². The number of nitrogens with zero attached hydrogens (tertiary/aromatic N) is 1. The number of hydrogen-bond donors (Lipinski definition) is 1. The van der Waals surface area contributed by atoms with Crippen molar-refractivity contribution in [3.8, 4) is 5.69 Å². The minimum absolute atomic E-state index is 0.0310. The summed E-state index contributed by atoms with van der Waals surface area (Å²) in [6, 6.07) is 8.06. The van der Waals surface area contributed by atoms with E-state index >= 15 is 0 Å². The maximum Gasteiger partial charge on any atom is 0.338 e. The molecule has 0 bridgehead atoms. The highest BCUT2D eigenvalue weighted by atomic mass is 35.5. The number of benzene rings is 1. The SMILES string of the molecule is O=C(O)c1cccn(-c2c(Cl)cccc2Cl)c1=S. The zero-order valence-corrected chi connectivity index (χ0v) is 11.3. The van der Waals surface area contributed by atoms with Crippen molar-refractivity contribution in [2.24, 2.45) is 0 Å². The Balaban J connectivity index is 2.77. The molecule has 1 aromatic heterocycles. The number of carboxylic acid groups (broad SMARTS) is 1. The summed E-state index contributed by atoms with van der Waals surface area (Å²) in [5.41, 5.74) is 0.511. The molecular formula is C12H7Cl2NO2S. The molecule has 92 valence electrons. The Kier molecular flexibility index (Phi) is 3.71. The van der Waals surface area contributed by atoms with Gasteiger partial charge in [-0.1, -0.05) is 41.5 Å². The third kappa shape index (κ3) is 2.27. The second-order valence-corrected chi connectivity index (χ2v) is 4.67. The van der Waals surface area contributed by atoms with Crippen molar-refractivity contribution in [1.82, 2.24) is 4.57 Å². The largest absolute Gasteiger partial charge is 0.478 e. The van der Waals surface area contributed by atoms with E-state index in [4.69, 9.17) is 40.5 Å². The average Bonchev–Trinajstić information content (AvgIpc) is 2.30. The first-order chi connectivity index (χ1) is 8.52. The van der Waals surface area contributed by atoms with E-state index in [0.29, 0.717) is 15.7 Å². The summed E-state index contributed by atoms with van der Waals surface area (Å²) in [7, 11) is 0. The number of carbonyl (C=O) groups is 1. The van der Waals surface area contributed by atoms with Crippen molar-refractivity contribution in [3.05, 3.63) is 56.8 Å². The quantitative estimate of drug-likeness (QED) is 0.845. The fourth-order valence-electron chi connectivity index (χ4n) is 1.55. The number of halogens is 2. The van der Waals surface area contributed by atoms with Crippen molar-refractivity contribution in [3.63, 3.8) is 0 Å². The van der Waals surface area contributed by atoms with Gasteiger partial charge >= 0.3 is 5.97 Å². The van der Waals surface area contributed by atoms with E-state index in [1.54, 1.807) is 30.5 Å². The Labute approximate surface area is 118 Å². The molecule has 0 unspecified atom stereocenters. The van der Waals surface area contributed by atoms with Gasteiger partial charge in [-0.25, -0.2) is 4.79 Å². The van der Waals surface area contributed by atoms with Gasteiger partial charge in [-0.05, 0) is 24.3 Å². The molecule has 1 aromatic carbocycles. The molecular weight excluding hydrogens is 293 g/mol. The van der Waals surface area contributed by atoms with Gasteiger partial charge in [-0.3, -0.25) is 0 Å². The molecule has 6 heteroatoms. The molecule has 3 nitrogen and oxygen atoms in total. The average molecular weight is 300 g/mol. The molecule has 0 aliphatic heterocycles. The molecule has 0 radical (unpaired) electrons. The van der Waals surface area contributed by atoms with Crippen LogP contribution in [0, 0.1) is 4.64 Å². The Hall–Kier alpha value is -1.36.